The maximum atomic E-state index is 3.79. The Bertz CT molecular complexity index is 206. The van der Waals surface area contributed by atoms with E-state index in [-0.39, 0.29) is 0 Å². The summed E-state index contributed by atoms with van der Waals surface area (Å²) in [5, 5.41) is 3.39. The van der Waals surface area contributed by atoms with Gasteiger partial charge in [-0.2, -0.15) is 0 Å². The molecular formula is C11H16N. The van der Waals surface area contributed by atoms with Crippen molar-refractivity contribution in [1.29, 1.82) is 0 Å². The molecule has 0 aliphatic rings. The summed E-state index contributed by atoms with van der Waals surface area (Å²) in [4.78, 5) is 0. The summed E-state index contributed by atoms with van der Waals surface area (Å²) in [7, 11) is 0. The summed E-state index contributed by atoms with van der Waals surface area (Å²) in [5.41, 5.74) is 1.34. The molecule has 0 spiro atoms. The Morgan fingerprint density at radius 3 is 2.58 bits per heavy atom. The van der Waals surface area contributed by atoms with E-state index in [9.17, 15) is 0 Å². The van der Waals surface area contributed by atoms with Crippen LogP contribution in [0.4, 0.5) is 0 Å². The molecule has 1 aromatic rings. The summed E-state index contributed by atoms with van der Waals surface area (Å²) in [6.45, 7) is 6.94. The third kappa shape index (κ3) is 2.67. The average molecular weight is 162 g/mol. The lowest BCUT2D eigenvalue weighted by molar-refractivity contribution is 0.580. The molecular weight excluding hydrogens is 146 g/mol. The molecule has 0 aliphatic carbocycles. The maximum absolute atomic E-state index is 3.79. The fraction of sp³-hybridized carbons (Fsp3) is 0.364. The molecule has 0 saturated heterocycles. The smallest absolute Gasteiger partial charge is 0.0291 e. The molecule has 1 atom stereocenters. The van der Waals surface area contributed by atoms with E-state index in [0.717, 1.165) is 13.0 Å². The topological polar surface area (TPSA) is 12.0 Å². The fourth-order valence-corrected chi connectivity index (χ4v) is 1.18. The minimum atomic E-state index is 0.438. The minimum Gasteiger partial charge on any atom is -0.310 e. The van der Waals surface area contributed by atoms with Gasteiger partial charge in [-0.3, -0.25) is 0 Å². The standard InChI is InChI=1S/C11H16N/c1-3-9-12-10(2)11-7-5-4-6-8-11/h4-8,10,12H,1,3,9H2,2H3/t10-/m0/s1. The van der Waals surface area contributed by atoms with Gasteiger partial charge in [0.15, 0.2) is 0 Å². The van der Waals surface area contributed by atoms with Crippen LogP contribution in [-0.2, 0) is 0 Å². The molecule has 1 radical (unpaired) electrons. The third-order valence-electron chi connectivity index (χ3n) is 1.93. The molecule has 0 heterocycles. The summed E-state index contributed by atoms with van der Waals surface area (Å²) in [5.74, 6) is 0. The van der Waals surface area contributed by atoms with E-state index in [1.807, 2.05) is 6.07 Å². The van der Waals surface area contributed by atoms with Crippen LogP contribution in [0.5, 0.6) is 0 Å². The first-order valence-electron chi connectivity index (χ1n) is 4.42. The number of hydrogen-bond donors (Lipinski definition) is 1. The molecule has 1 rings (SSSR count). The van der Waals surface area contributed by atoms with Crippen LogP contribution >= 0.6 is 0 Å². The quantitative estimate of drug-likeness (QED) is 0.717. The molecule has 0 aromatic heterocycles. The molecule has 65 valence electrons. The van der Waals surface area contributed by atoms with Crippen molar-refractivity contribution in [3.63, 3.8) is 0 Å². The highest BCUT2D eigenvalue weighted by Crippen LogP contribution is 2.10. The first-order valence-corrected chi connectivity index (χ1v) is 4.42. The van der Waals surface area contributed by atoms with Crippen molar-refractivity contribution >= 4 is 0 Å². The van der Waals surface area contributed by atoms with Gasteiger partial charge in [0.1, 0.15) is 0 Å². The van der Waals surface area contributed by atoms with Gasteiger partial charge in [0.2, 0.25) is 0 Å². The summed E-state index contributed by atoms with van der Waals surface area (Å²) >= 11 is 0. The molecule has 12 heavy (non-hydrogen) atoms. The van der Waals surface area contributed by atoms with Gasteiger partial charge in [0.05, 0.1) is 0 Å². The maximum Gasteiger partial charge on any atom is 0.0291 e. The van der Waals surface area contributed by atoms with Crippen molar-refractivity contribution in [1.82, 2.24) is 5.32 Å². The third-order valence-corrected chi connectivity index (χ3v) is 1.93. The fourth-order valence-electron chi connectivity index (χ4n) is 1.18. The predicted octanol–water partition coefficient (Wildman–Crippen LogP) is 2.56. The van der Waals surface area contributed by atoms with Gasteiger partial charge in [0.25, 0.3) is 0 Å². The highest BCUT2D eigenvalue weighted by molar-refractivity contribution is 5.17. The highest BCUT2D eigenvalue weighted by atomic mass is 14.9. The van der Waals surface area contributed by atoms with Crippen LogP contribution in [0, 0.1) is 6.92 Å². The van der Waals surface area contributed by atoms with Crippen LogP contribution < -0.4 is 5.32 Å². The van der Waals surface area contributed by atoms with Crippen LogP contribution in [0.2, 0.25) is 0 Å². The number of rotatable bonds is 4. The van der Waals surface area contributed by atoms with Crippen molar-refractivity contribution in [3.8, 4) is 0 Å². The highest BCUT2D eigenvalue weighted by Gasteiger charge is 2.00. The Kier molecular flexibility index (Phi) is 3.81. The second-order valence-electron chi connectivity index (χ2n) is 2.94. The van der Waals surface area contributed by atoms with Crippen LogP contribution in [0.15, 0.2) is 30.3 Å². The molecule has 1 N–H and O–H groups in total. The lowest BCUT2D eigenvalue weighted by Gasteiger charge is -2.12. The largest absolute Gasteiger partial charge is 0.310 e. The van der Waals surface area contributed by atoms with Crippen molar-refractivity contribution < 1.29 is 0 Å². The molecule has 0 amide bonds. The number of nitrogens with one attached hydrogen (secondary N) is 1. The lowest BCUT2D eigenvalue weighted by Crippen LogP contribution is -2.19. The molecule has 1 heteroatoms. The van der Waals surface area contributed by atoms with Gasteiger partial charge in [0, 0.05) is 6.04 Å². The van der Waals surface area contributed by atoms with Gasteiger partial charge in [-0.25, -0.2) is 0 Å². The van der Waals surface area contributed by atoms with Gasteiger partial charge < -0.3 is 5.32 Å². The Hall–Kier alpha value is -0.820. The van der Waals surface area contributed by atoms with Gasteiger partial charge in [-0.1, -0.05) is 37.3 Å². The van der Waals surface area contributed by atoms with Gasteiger partial charge >= 0.3 is 0 Å². The second kappa shape index (κ2) is 4.94. The van der Waals surface area contributed by atoms with Gasteiger partial charge in [-0.05, 0) is 25.5 Å². The van der Waals surface area contributed by atoms with Crippen LogP contribution in [0.25, 0.3) is 0 Å². The van der Waals surface area contributed by atoms with E-state index in [1.54, 1.807) is 0 Å². The Labute approximate surface area is 74.8 Å². The van der Waals surface area contributed by atoms with E-state index in [1.165, 1.54) is 5.56 Å². The van der Waals surface area contributed by atoms with Crippen LogP contribution in [0.1, 0.15) is 24.9 Å². The van der Waals surface area contributed by atoms with Crippen molar-refractivity contribution in [2.45, 2.75) is 19.4 Å². The lowest BCUT2D eigenvalue weighted by atomic mass is 10.1. The van der Waals surface area contributed by atoms with Crippen LogP contribution in [-0.4, -0.2) is 6.54 Å². The van der Waals surface area contributed by atoms with Crippen molar-refractivity contribution in [2.24, 2.45) is 0 Å². The molecule has 0 fully saturated rings. The first-order chi connectivity index (χ1) is 5.84. The minimum absolute atomic E-state index is 0.438. The Morgan fingerprint density at radius 2 is 2.00 bits per heavy atom. The molecule has 1 nitrogen and oxygen atoms in total. The first kappa shape index (κ1) is 9.27. The Morgan fingerprint density at radius 1 is 1.33 bits per heavy atom. The van der Waals surface area contributed by atoms with Crippen LogP contribution in [0.3, 0.4) is 0 Å². The zero-order valence-electron chi connectivity index (χ0n) is 7.59. The van der Waals surface area contributed by atoms with Gasteiger partial charge in [-0.15, -0.1) is 0 Å². The summed E-state index contributed by atoms with van der Waals surface area (Å²) < 4.78 is 0. The zero-order valence-corrected chi connectivity index (χ0v) is 7.59. The Balaban J connectivity index is 2.48. The van der Waals surface area contributed by atoms with E-state index < -0.39 is 0 Å². The predicted molar refractivity (Wildman–Crippen MR) is 52.8 cm³/mol. The second-order valence-corrected chi connectivity index (χ2v) is 2.94. The van der Waals surface area contributed by atoms with Crippen molar-refractivity contribution in [3.05, 3.63) is 42.8 Å². The average Bonchev–Trinajstić information content (AvgIpc) is 2.15. The number of hydrogen-bond acceptors (Lipinski definition) is 1. The molecule has 0 bridgehead atoms. The van der Waals surface area contributed by atoms with E-state index >= 15 is 0 Å². The zero-order chi connectivity index (χ0) is 8.81. The number of benzene rings is 1. The molecule has 1 aromatic carbocycles. The van der Waals surface area contributed by atoms with E-state index in [2.05, 4.69) is 43.4 Å². The molecule has 0 saturated carbocycles. The monoisotopic (exact) mass is 162 g/mol. The normalized spacial score (nSPS) is 12.8. The van der Waals surface area contributed by atoms with E-state index in [4.69, 9.17) is 0 Å². The summed E-state index contributed by atoms with van der Waals surface area (Å²) in [6.07, 6.45) is 0.942. The molecule has 0 unspecified atom stereocenters. The summed E-state index contributed by atoms with van der Waals surface area (Å²) in [6, 6.07) is 10.9. The van der Waals surface area contributed by atoms with Crippen molar-refractivity contribution in [2.75, 3.05) is 6.54 Å². The van der Waals surface area contributed by atoms with E-state index in [0.29, 0.717) is 6.04 Å². The SMILES string of the molecule is [CH2]CCN[C@@H](C)c1ccccc1. The molecule has 0 aliphatic heterocycles.